The molecule has 0 bridgehead atoms. The van der Waals surface area contributed by atoms with Gasteiger partial charge in [-0.1, -0.05) is 33.8 Å². The molecular formula is C18H25NO4S. The van der Waals surface area contributed by atoms with Crippen molar-refractivity contribution in [2.45, 2.75) is 51.0 Å². The van der Waals surface area contributed by atoms with E-state index in [1.54, 1.807) is 24.3 Å². The molecule has 5 nitrogen and oxygen atoms in total. The van der Waals surface area contributed by atoms with E-state index in [0.29, 0.717) is 18.1 Å². The molecular weight excluding hydrogens is 326 g/mol. The van der Waals surface area contributed by atoms with E-state index in [1.165, 1.54) is 6.26 Å². The van der Waals surface area contributed by atoms with Gasteiger partial charge in [0.05, 0.1) is 19.4 Å². The second kappa shape index (κ2) is 7.40. The van der Waals surface area contributed by atoms with Crippen LogP contribution in [-0.2, 0) is 22.0 Å². The third-order valence-corrected chi connectivity index (χ3v) is 5.00. The third-order valence-electron chi connectivity index (χ3n) is 3.58. The zero-order chi connectivity index (χ0) is 17.8. The second-order valence-electron chi connectivity index (χ2n) is 6.66. The molecule has 0 radical (unpaired) electrons. The van der Waals surface area contributed by atoms with E-state index in [9.17, 15) is 8.42 Å². The number of nitrogens with one attached hydrogen (secondary N) is 1. The fraction of sp³-hybridized carbons (Fsp3) is 0.444. The van der Waals surface area contributed by atoms with Gasteiger partial charge in [0.2, 0.25) is 10.0 Å². The second-order valence-corrected chi connectivity index (χ2v) is 8.40. The molecule has 6 heteroatoms. The van der Waals surface area contributed by atoms with Gasteiger partial charge in [-0.15, -0.1) is 0 Å². The Morgan fingerprint density at radius 3 is 2.54 bits per heavy atom. The first-order valence-electron chi connectivity index (χ1n) is 8.03. The first kappa shape index (κ1) is 18.5. The van der Waals surface area contributed by atoms with Crippen molar-refractivity contribution in [3.8, 4) is 5.75 Å². The Morgan fingerprint density at radius 1 is 1.21 bits per heavy atom. The molecule has 0 spiro atoms. The standard InChI is InChI=1S/C18H25NO4S/c1-5-10-23-16-9-8-14(18(2,3)4)12-17(16)24(20,21)19-13-15-7-6-11-22-15/h6-9,11-12,19H,5,10,13H2,1-4H3. The highest BCUT2D eigenvalue weighted by Crippen LogP contribution is 2.31. The van der Waals surface area contributed by atoms with E-state index in [1.807, 2.05) is 33.8 Å². The maximum absolute atomic E-state index is 12.8. The molecule has 0 aliphatic carbocycles. The Balaban J connectivity index is 2.35. The number of hydrogen-bond acceptors (Lipinski definition) is 4. The number of ether oxygens (including phenoxy) is 1. The largest absolute Gasteiger partial charge is 0.492 e. The lowest BCUT2D eigenvalue weighted by molar-refractivity contribution is 0.308. The van der Waals surface area contributed by atoms with E-state index in [4.69, 9.17) is 9.15 Å². The first-order chi connectivity index (χ1) is 11.2. The summed E-state index contributed by atoms with van der Waals surface area (Å²) in [4.78, 5) is 0.162. The predicted molar refractivity (Wildman–Crippen MR) is 93.7 cm³/mol. The fourth-order valence-electron chi connectivity index (χ4n) is 2.17. The number of sulfonamides is 1. The van der Waals surface area contributed by atoms with Gasteiger partial charge in [-0.3, -0.25) is 0 Å². The van der Waals surface area contributed by atoms with Crippen molar-refractivity contribution in [2.24, 2.45) is 0 Å². The van der Waals surface area contributed by atoms with Gasteiger partial charge in [-0.05, 0) is 41.7 Å². The predicted octanol–water partition coefficient (Wildman–Crippen LogP) is 3.84. The molecule has 0 unspecified atom stereocenters. The van der Waals surface area contributed by atoms with Crippen LogP contribution >= 0.6 is 0 Å². The maximum Gasteiger partial charge on any atom is 0.244 e. The van der Waals surface area contributed by atoms with E-state index < -0.39 is 10.0 Å². The van der Waals surface area contributed by atoms with Gasteiger partial charge in [0.1, 0.15) is 16.4 Å². The quantitative estimate of drug-likeness (QED) is 0.823. The zero-order valence-electron chi connectivity index (χ0n) is 14.6. The van der Waals surface area contributed by atoms with Crippen molar-refractivity contribution in [3.05, 3.63) is 47.9 Å². The molecule has 2 rings (SSSR count). The molecule has 0 saturated carbocycles. The molecule has 1 aromatic carbocycles. The molecule has 132 valence electrons. The topological polar surface area (TPSA) is 68.5 Å². The molecule has 2 aromatic rings. The maximum atomic E-state index is 12.8. The van der Waals surface area contributed by atoms with Crippen LogP contribution in [0.4, 0.5) is 0 Å². The highest BCUT2D eigenvalue weighted by molar-refractivity contribution is 7.89. The van der Waals surface area contributed by atoms with Crippen molar-refractivity contribution in [1.29, 1.82) is 0 Å². The zero-order valence-corrected chi connectivity index (χ0v) is 15.4. The third kappa shape index (κ3) is 4.61. The monoisotopic (exact) mass is 351 g/mol. The SMILES string of the molecule is CCCOc1ccc(C(C)(C)C)cc1S(=O)(=O)NCc1ccco1. The summed E-state index contributed by atoms with van der Waals surface area (Å²) in [6, 6.07) is 8.78. The lowest BCUT2D eigenvalue weighted by Crippen LogP contribution is -2.24. The summed E-state index contributed by atoms with van der Waals surface area (Å²) >= 11 is 0. The molecule has 1 N–H and O–H groups in total. The molecule has 24 heavy (non-hydrogen) atoms. The van der Waals surface area contributed by atoms with Crippen molar-refractivity contribution >= 4 is 10.0 Å². The van der Waals surface area contributed by atoms with Crippen LogP contribution in [0.2, 0.25) is 0 Å². The lowest BCUT2D eigenvalue weighted by atomic mass is 9.87. The van der Waals surface area contributed by atoms with Crippen molar-refractivity contribution in [2.75, 3.05) is 6.61 Å². The summed E-state index contributed by atoms with van der Waals surface area (Å²) in [6.07, 6.45) is 2.32. The molecule has 0 amide bonds. The minimum absolute atomic E-state index is 0.0995. The summed E-state index contributed by atoms with van der Waals surface area (Å²) in [6.45, 7) is 8.68. The Hall–Kier alpha value is -1.79. The molecule has 1 heterocycles. The number of hydrogen-bond donors (Lipinski definition) is 1. The molecule has 0 fully saturated rings. The summed E-state index contributed by atoms with van der Waals surface area (Å²) < 4.78 is 38.9. The van der Waals surface area contributed by atoms with Gasteiger partial charge in [0, 0.05) is 0 Å². The Labute approximate surface area is 144 Å². The number of furan rings is 1. The Morgan fingerprint density at radius 2 is 1.96 bits per heavy atom. The average molecular weight is 351 g/mol. The van der Waals surface area contributed by atoms with Crippen LogP contribution in [0.25, 0.3) is 0 Å². The van der Waals surface area contributed by atoms with Gasteiger partial charge in [0.25, 0.3) is 0 Å². The Bertz CT molecular complexity index is 759. The smallest absolute Gasteiger partial charge is 0.244 e. The summed E-state index contributed by atoms with van der Waals surface area (Å²) in [5, 5.41) is 0. The summed E-state index contributed by atoms with van der Waals surface area (Å²) in [5.74, 6) is 0.929. The normalized spacial score (nSPS) is 12.3. The van der Waals surface area contributed by atoms with E-state index in [2.05, 4.69) is 4.72 Å². The minimum Gasteiger partial charge on any atom is -0.492 e. The van der Waals surface area contributed by atoms with Crippen LogP contribution in [0.3, 0.4) is 0 Å². The van der Waals surface area contributed by atoms with Crippen molar-refractivity contribution < 1.29 is 17.6 Å². The number of rotatable bonds is 7. The first-order valence-corrected chi connectivity index (χ1v) is 9.51. The van der Waals surface area contributed by atoms with E-state index >= 15 is 0 Å². The highest BCUT2D eigenvalue weighted by Gasteiger charge is 2.24. The summed E-state index contributed by atoms with van der Waals surface area (Å²) in [7, 11) is -3.72. The van der Waals surface area contributed by atoms with Gasteiger partial charge < -0.3 is 9.15 Å². The van der Waals surface area contributed by atoms with Crippen molar-refractivity contribution in [3.63, 3.8) is 0 Å². The van der Waals surface area contributed by atoms with Gasteiger partial charge in [-0.2, -0.15) is 0 Å². The molecule has 1 aromatic heterocycles. The highest BCUT2D eigenvalue weighted by atomic mass is 32.2. The van der Waals surface area contributed by atoms with E-state index in [0.717, 1.165) is 12.0 Å². The molecule has 0 atom stereocenters. The van der Waals surface area contributed by atoms with Crippen LogP contribution in [0.1, 0.15) is 45.4 Å². The Kier molecular flexibility index (Phi) is 5.72. The van der Waals surface area contributed by atoms with Gasteiger partial charge >= 0.3 is 0 Å². The summed E-state index contributed by atoms with van der Waals surface area (Å²) in [5.41, 5.74) is 0.777. The van der Waals surface area contributed by atoms with Gasteiger partial charge in [-0.25, -0.2) is 13.1 Å². The fourth-order valence-corrected chi connectivity index (χ4v) is 3.33. The molecule has 0 aliphatic heterocycles. The van der Waals surface area contributed by atoms with E-state index in [-0.39, 0.29) is 16.9 Å². The van der Waals surface area contributed by atoms with Crippen LogP contribution in [0.15, 0.2) is 45.9 Å². The van der Waals surface area contributed by atoms with Crippen molar-refractivity contribution in [1.82, 2.24) is 4.72 Å². The van der Waals surface area contributed by atoms with Crippen LogP contribution in [-0.4, -0.2) is 15.0 Å². The number of benzene rings is 1. The minimum atomic E-state index is -3.72. The van der Waals surface area contributed by atoms with Gasteiger partial charge in [0.15, 0.2) is 0 Å². The van der Waals surface area contributed by atoms with Crippen LogP contribution in [0.5, 0.6) is 5.75 Å². The molecule has 0 aliphatic rings. The van der Waals surface area contributed by atoms with Crippen LogP contribution in [0, 0.1) is 0 Å². The molecule has 0 saturated heterocycles. The van der Waals surface area contributed by atoms with Crippen LogP contribution < -0.4 is 9.46 Å². The lowest BCUT2D eigenvalue weighted by Gasteiger charge is -2.21. The average Bonchev–Trinajstić information content (AvgIpc) is 3.03.